The highest BCUT2D eigenvalue weighted by atomic mass is 15.2. The molecule has 0 spiro atoms. The van der Waals surface area contributed by atoms with E-state index in [1.807, 2.05) is 6.07 Å². The second-order valence-electron chi connectivity index (χ2n) is 4.79. The van der Waals surface area contributed by atoms with Gasteiger partial charge in [0.2, 0.25) is 0 Å². The largest absolute Gasteiger partial charge is 0.356 e. The maximum atomic E-state index is 4.51. The molecule has 2 aromatic heterocycles. The number of anilines is 1. The Labute approximate surface area is 105 Å². The monoisotopic (exact) mass is 238 g/mol. The molecule has 4 nitrogen and oxygen atoms in total. The lowest BCUT2D eigenvalue weighted by atomic mass is 10.2. The summed E-state index contributed by atoms with van der Waals surface area (Å²) in [6, 6.07) is 8.33. The maximum Gasteiger partial charge on any atom is 0.143 e. The lowest BCUT2D eigenvalue weighted by Crippen LogP contribution is -2.19. The number of benzene rings is 1. The number of hydrogen-bond acceptors (Lipinski definition) is 3. The van der Waals surface area contributed by atoms with Crippen LogP contribution >= 0.6 is 0 Å². The van der Waals surface area contributed by atoms with E-state index in [2.05, 4.69) is 38.1 Å². The van der Waals surface area contributed by atoms with E-state index in [-0.39, 0.29) is 0 Å². The van der Waals surface area contributed by atoms with Crippen molar-refractivity contribution >= 4 is 27.8 Å². The Balaban J connectivity index is 2.06. The van der Waals surface area contributed by atoms with Crippen molar-refractivity contribution in [3.8, 4) is 0 Å². The molecule has 1 aliphatic rings. The summed E-state index contributed by atoms with van der Waals surface area (Å²) in [5, 5.41) is 2.38. The maximum absolute atomic E-state index is 4.51. The molecule has 3 heterocycles. The van der Waals surface area contributed by atoms with Gasteiger partial charge in [0.05, 0.1) is 5.39 Å². The average molecular weight is 238 g/mol. The molecule has 0 radical (unpaired) electrons. The van der Waals surface area contributed by atoms with Crippen molar-refractivity contribution in [1.29, 1.82) is 0 Å². The van der Waals surface area contributed by atoms with Crippen LogP contribution < -0.4 is 4.90 Å². The first kappa shape index (κ1) is 9.88. The molecule has 4 heteroatoms. The number of aromatic nitrogens is 3. The van der Waals surface area contributed by atoms with Gasteiger partial charge in [0.15, 0.2) is 0 Å². The zero-order chi connectivity index (χ0) is 11.9. The van der Waals surface area contributed by atoms with E-state index in [0.717, 1.165) is 35.5 Å². The van der Waals surface area contributed by atoms with Gasteiger partial charge in [0.1, 0.15) is 17.8 Å². The Hall–Kier alpha value is -2.10. The van der Waals surface area contributed by atoms with Gasteiger partial charge in [-0.2, -0.15) is 0 Å². The van der Waals surface area contributed by atoms with Crippen LogP contribution in [0.25, 0.3) is 21.9 Å². The van der Waals surface area contributed by atoms with Crippen molar-refractivity contribution in [2.75, 3.05) is 18.0 Å². The van der Waals surface area contributed by atoms with Gasteiger partial charge in [0, 0.05) is 24.0 Å². The van der Waals surface area contributed by atoms with Crippen LogP contribution in [0.2, 0.25) is 0 Å². The van der Waals surface area contributed by atoms with E-state index in [4.69, 9.17) is 0 Å². The van der Waals surface area contributed by atoms with Crippen LogP contribution in [0, 0.1) is 0 Å². The Bertz CT molecular complexity index is 710. The lowest BCUT2D eigenvalue weighted by Gasteiger charge is -2.16. The van der Waals surface area contributed by atoms with Crippen molar-refractivity contribution in [2.45, 2.75) is 12.8 Å². The van der Waals surface area contributed by atoms with Gasteiger partial charge in [-0.3, -0.25) is 0 Å². The van der Waals surface area contributed by atoms with Crippen LogP contribution in [-0.4, -0.2) is 28.0 Å². The number of rotatable bonds is 1. The molecule has 0 aliphatic carbocycles. The number of aromatic amines is 1. The Morgan fingerprint density at radius 3 is 2.78 bits per heavy atom. The quantitative estimate of drug-likeness (QED) is 0.709. The molecule has 0 atom stereocenters. The third-order valence-corrected chi connectivity index (χ3v) is 3.68. The minimum absolute atomic E-state index is 0.938. The third kappa shape index (κ3) is 1.32. The fourth-order valence-corrected chi connectivity index (χ4v) is 2.83. The molecular formula is C14H14N4. The van der Waals surface area contributed by atoms with Crippen LogP contribution in [0.4, 0.5) is 5.82 Å². The van der Waals surface area contributed by atoms with Crippen molar-refractivity contribution in [3.05, 3.63) is 30.6 Å². The molecule has 4 rings (SSSR count). The molecule has 1 saturated heterocycles. The molecular weight excluding hydrogens is 224 g/mol. The Morgan fingerprint density at radius 2 is 1.89 bits per heavy atom. The molecule has 0 saturated carbocycles. The summed E-state index contributed by atoms with van der Waals surface area (Å²) in [7, 11) is 0. The highest BCUT2D eigenvalue weighted by Crippen LogP contribution is 2.32. The van der Waals surface area contributed by atoms with Crippen molar-refractivity contribution in [2.24, 2.45) is 0 Å². The molecule has 1 aromatic carbocycles. The van der Waals surface area contributed by atoms with Crippen LogP contribution in [-0.2, 0) is 0 Å². The van der Waals surface area contributed by atoms with Crippen molar-refractivity contribution in [3.63, 3.8) is 0 Å². The Morgan fingerprint density at radius 1 is 1.06 bits per heavy atom. The minimum Gasteiger partial charge on any atom is -0.356 e. The van der Waals surface area contributed by atoms with Crippen LogP contribution in [0.3, 0.4) is 0 Å². The molecule has 0 unspecified atom stereocenters. The molecule has 1 aliphatic heterocycles. The number of H-pyrrole nitrogens is 1. The van der Waals surface area contributed by atoms with Crippen LogP contribution in [0.5, 0.6) is 0 Å². The van der Waals surface area contributed by atoms with Gasteiger partial charge in [-0.15, -0.1) is 0 Å². The van der Waals surface area contributed by atoms with E-state index in [1.165, 1.54) is 18.2 Å². The molecule has 3 aromatic rings. The second-order valence-corrected chi connectivity index (χ2v) is 4.79. The zero-order valence-electron chi connectivity index (χ0n) is 10.1. The molecule has 0 amide bonds. The number of fused-ring (bicyclic) bond motifs is 3. The highest BCUT2D eigenvalue weighted by Gasteiger charge is 2.18. The topological polar surface area (TPSA) is 44.8 Å². The second kappa shape index (κ2) is 3.70. The number of hydrogen-bond donors (Lipinski definition) is 1. The van der Waals surface area contributed by atoms with Crippen molar-refractivity contribution < 1.29 is 0 Å². The van der Waals surface area contributed by atoms with Crippen LogP contribution in [0.15, 0.2) is 30.6 Å². The van der Waals surface area contributed by atoms with E-state index < -0.39 is 0 Å². The summed E-state index contributed by atoms with van der Waals surface area (Å²) in [6.07, 6.45) is 4.17. The molecule has 1 fully saturated rings. The smallest absolute Gasteiger partial charge is 0.143 e. The Kier molecular flexibility index (Phi) is 2.03. The summed E-state index contributed by atoms with van der Waals surface area (Å²) in [6.45, 7) is 2.21. The van der Waals surface area contributed by atoms with Gasteiger partial charge >= 0.3 is 0 Å². The average Bonchev–Trinajstić information content (AvgIpc) is 3.05. The van der Waals surface area contributed by atoms with Gasteiger partial charge in [-0.25, -0.2) is 9.97 Å². The normalized spacial score (nSPS) is 15.9. The van der Waals surface area contributed by atoms with Crippen LogP contribution in [0.1, 0.15) is 12.8 Å². The van der Waals surface area contributed by atoms with Gasteiger partial charge in [-0.1, -0.05) is 18.2 Å². The van der Waals surface area contributed by atoms with Gasteiger partial charge < -0.3 is 9.88 Å². The predicted molar refractivity (Wildman–Crippen MR) is 72.8 cm³/mol. The highest BCUT2D eigenvalue weighted by molar-refractivity contribution is 6.11. The fourth-order valence-electron chi connectivity index (χ4n) is 2.83. The molecule has 90 valence electrons. The van der Waals surface area contributed by atoms with E-state index in [0.29, 0.717) is 0 Å². The standard InChI is InChI=1S/C14H14N4/c1-2-6-11-10(5-1)12-13(17-11)15-9-16-14(12)18-7-3-4-8-18/h1-2,5-6,9H,3-4,7-8H2,(H,15,16,17). The van der Waals surface area contributed by atoms with E-state index in [1.54, 1.807) is 6.33 Å². The summed E-state index contributed by atoms with van der Waals surface area (Å²) < 4.78 is 0. The lowest BCUT2D eigenvalue weighted by molar-refractivity contribution is 0.939. The molecule has 0 bridgehead atoms. The molecule has 18 heavy (non-hydrogen) atoms. The van der Waals surface area contributed by atoms with E-state index in [9.17, 15) is 0 Å². The van der Waals surface area contributed by atoms with Gasteiger partial charge in [-0.05, 0) is 18.9 Å². The van der Waals surface area contributed by atoms with Gasteiger partial charge in [0.25, 0.3) is 0 Å². The predicted octanol–water partition coefficient (Wildman–Crippen LogP) is 2.71. The third-order valence-electron chi connectivity index (χ3n) is 3.68. The summed E-state index contributed by atoms with van der Waals surface area (Å²) >= 11 is 0. The number of nitrogens with zero attached hydrogens (tertiary/aromatic N) is 3. The minimum atomic E-state index is 0.938. The summed E-state index contributed by atoms with van der Waals surface area (Å²) in [4.78, 5) is 14.6. The first-order chi connectivity index (χ1) is 8.93. The van der Waals surface area contributed by atoms with Crippen molar-refractivity contribution in [1.82, 2.24) is 15.0 Å². The fraction of sp³-hybridized carbons (Fsp3) is 0.286. The first-order valence-corrected chi connectivity index (χ1v) is 6.40. The summed E-state index contributed by atoms with van der Waals surface area (Å²) in [5.74, 6) is 1.08. The molecule has 1 N–H and O–H groups in total. The SMILES string of the molecule is c1ccc2c(c1)[nH]c1ncnc(N3CCCC3)c12. The summed E-state index contributed by atoms with van der Waals surface area (Å²) in [5.41, 5.74) is 2.07. The first-order valence-electron chi connectivity index (χ1n) is 6.40. The zero-order valence-corrected chi connectivity index (χ0v) is 10.1. The van der Waals surface area contributed by atoms with E-state index >= 15 is 0 Å². The number of nitrogens with one attached hydrogen (secondary N) is 1. The number of para-hydroxylation sites is 1.